The summed E-state index contributed by atoms with van der Waals surface area (Å²) in [6.07, 6.45) is 3.60. The lowest BCUT2D eigenvalue weighted by molar-refractivity contribution is 0.261. The number of ether oxygens (including phenoxy) is 1. The quantitative estimate of drug-likeness (QED) is 0.737. The van der Waals surface area contributed by atoms with Crippen molar-refractivity contribution < 1.29 is 4.74 Å². The molecule has 0 aliphatic rings. The lowest BCUT2D eigenvalue weighted by atomic mass is 10.1. The highest BCUT2D eigenvalue weighted by atomic mass is 16.5. The third-order valence-electron chi connectivity index (χ3n) is 3.16. The summed E-state index contributed by atoms with van der Waals surface area (Å²) in [7, 11) is 4.10. The highest BCUT2D eigenvalue weighted by Crippen LogP contribution is 2.18. The lowest BCUT2D eigenvalue weighted by Crippen LogP contribution is -2.19. The molecule has 1 rings (SSSR count). The van der Waals surface area contributed by atoms with Gasteiger partial charge in [-0.1, -0.05) is 20.3 Å². The molecule has 108 valence electrons. The minimum Gasteiger partial charge on any atom is -0.492 e. The summed E-state index contributed by atoms with van der Waals surface area (Å²) in [5.41, 5.74) is 1.18. The van der Waals surface area contributed by atoms with Crippen molar-refractivity contribution in [3.8, 4) is 5.75 Å². The highest BCUT2D eigenvalue weighted by Gasteiger charge is 2.04. The van der Waals surface area contributed by atoms with Crippen LogP contribution in [0.25, 0.3) is 0 Å². The molecule has 0 spiro atoms. The van der Waals surface area contributed by atoms with Gasteiger partial charge in [0.15, 0.2) is 0 Å². The Labute approximate surface area is 118 Å². The first-order valence-corrected chi connectivity index (χ1v) is 7.29. The molecular weight excluding hydrogens is 236 g/mol. The van der Waals surface area contributed by atoms with Gasteiger partial charge in [0.25, 0.3) is 0 Å². The summed E-state index contributed by atoms with van der Waals surface area (Å²) >= 11 is 0. The standard InChI is InChI=1S/C16H28N2O/c1-5-7-14(6-2)17-15-8-10-16(11-9-15)19-13-12-18(3)4/h8-11,14,17H,5-7,12-13H2,1-4H3. The molecule has 0 saturated heterocycles. The van der Waals surface area contributed by atoms with Gasteiger partial charge in [-0.25, -0.2) is 0 Å². The number of nitrogens with one attached hydrogen (secondary N) is 1. The normalized spacial score (nSPS) is 12.5. The van der Waals surface area contributed by atoms with Crippen LogP contribution in [0.4, 0.5) is 5.69 Å². The molecule has 0 radical (unpaired) electrons. The predicted octanol–water partition coefficient (Wildman–Crippen LogP) is 3.62. The number of benzene rings is 1. The second kappa shape index (κ2) is 8.81. The van der Waals surface area contributed by atoms with Crippen LogP contribution in [0, 0.1) is 0 Å². The zero-order chi connectivity index (χ0) is 14.1. The molecule has 0 aromatic heterocycles. The second-order valence-corrected chi connectivity index (χ2v) is 5.21. The zero-order valence-corrected chi connectivity index (χ0v) is 12.8. The Morgan fingerprint density at radius 1 is 1.16 bits per heavy atom. The van der Waals surface area contributed by atoms with Crippen LogP contribution in [0.15, 0.2) is 24.3 Å². The Bertz CT molecular complexity index is 335. The van der Waals surface area contributed by atoms with Crippen LogP contribution in [-0.4, -0.2) is 38.2 Å². The van der Waals surface area contributed by atoms with Gasteiger partial charge in [-0.05, 0) is 51.2 Å². The van der Waals surface area contributed by atoms with Gasteiger partial charge in [0.2, 0.25) is 0 Å². The Morgan fingerprint density at radius 2 is 1.84 bits per heavy atom. The van der Waals surface area contributed by atoms with Crippen LogP contribution in [0.2, 0.25) is 0 Å². The molecule has 1 aromatic rings. The maximum Gasteiger partial charge on any atom is 0.119 e. The maximum absolute atomic E-state index is 5.68. The van der Waals surface area contributed by atoms with Crippen molar-refractivity contribution in [3.63, 3.8) is 0 Å². The monoisotopic (exact) mass is 264 g/mol. The van der Waals surface area contributed by atoms with Gasteiger partial charge in [-0.3, -0.25) is 0 Å². The first-order chi connectivity index (χ1) is 9.15. The largest absolute Gasteiger partial charge is 0.492 e. The van der Waals surface area contributed by atoms with Gasteiger partial charge in [0.1, 0.15) is 12.4 Å². The average Bonchev–Trinajstić information content (AvgIpc) is 2.39. The van der Waals surface area contributed by atoms with Gasteiger partial charge in [0.05, 0.1) is 0 Å². The summed E-state index contributed by atoms with van der Waals surface area (Å²) in [5, 5.41) is 3.57. The van der Waals surface area contributed by atoms with E-state index >= 15 is 0 Å². The van der Waals surface area contributed by atoms with E-state index in [0.717, 1.165) is 25.3 Å². The molecule has 1 aromatic carbocycles. The molecule has 0 aliphatic carbocycles. The van der Waals surface area contributed by atoms with Crippen molar-refractivity contribution in [1.82, 2.24) is 4.90 Å². The Morgan fingerprint density at radius 3 is 2.37 bits per heavy atom. The number of anilines is 1. The second-order valence-electron chi connectivity index (χ2n) is 5.21. The van der Waals surface area contributed by atoms with E-state index in [-0.39, 0.29) is 0 Å². The number of rotatable bonds is 9. The van der Waals surface area contributed by atoms with Gasteiger partial charge in [0, 0.05) is 18.3 Å². The number of likely N-dealkylation sites (N-methyl/N-ethyl adjacent to an activating group) is 1. The van der Waals surface area contributed by atoms with Crippen LogP contribution in [-0.2, 0) is 0 Å². The topological polar surface area (TPSA) is 24.5 Å². The van der Waals surface area contributed by atoms with Crippen molar-refractivity contribution in [1.29, 1.82) is 0 Å². The molecule has 19 heavy (non-hydrogen) atoms. The molecule has 0 saturated carbocycles. The number of hydrogen-bond donors (Lipinski definition) is 1. The van der Waals surface area contributed by atoms with Crippen molar-refractivity contribution >= 4 is 5.69 Å². The average molecular weight is 264 g/mol. The van der Waals surface area contributed by atoms with Gasteiger partial charge >= 0.3 is 0 Å². The van der Waals surface area contributed by atoms with Crippen LogP contribution < -0.4 is 10.1 Å². The van der Waals surface area contributed by atoms with Gasteiger partial charge in [-0.15, -0.1) is 0 Å². The molecule has 0 aliphatic heterocycles. The van der Waals surface area contributed by atoms with Gasteiger partial charge < -0.3 is 15.0 Å². The molecule has 3 nitrogen and oxygen atoms in total. The van der Waals surface area contributed by atoms with Crippen LogP contribution in [0.3, 0.4) is 0 Å². The van der Waals surface area contributed by atoms with E-state index in [0.29, 0.717) is 6.04 Å². The number of nitrogens with zero attached hydrogens (tertiary/aromatic N) is 1. The molecule has 0 heterocycles. The predicted molar refractivity (Wildman–Crippen MR) is 83.1 cm³/mol. The molecule has 0 amide bonds. The Kier molecular flexibility index (Phi) is 7.34. The molecule has 1 N–H and O–H groups in total. The van der Waals surface area contributed by atoms with E-state index in [1.54, 1.807) is 0 Å². The van der Waals surface area contributed by atoms with E-state index in [9.17, 15) is 0 Å². The SMILES string of the molecule is CCCC(CC)Nc1ccc(OCCN(C)C)cc1. The zero-order valence-electron chi connectivity index (χ0n) is 12.8. The first-order valence-electron chi connectivity index (χ1n) is 7.29. The van der Waals surface area contributed by atoms with E-state index in [1.165, 1.54) is 18.5 Å². The summed E-state index contributed by atoms with van der Waals surface area (Å²) < 4.78 is 5.68. The van der Waals surface area contributed by atoms with E-state index in [2.05, 4.69) is 50.3 Å². The summed E-state index contributed by atoms with van der Waals surface area (Å²) in [6.45, 7) is 6.12. The van der Waals surface area contributed by atoms with Crippen molar-refractivity contribution in [2.75, 3.05) is 32.6 Å². The summed E-state index contributed by atoms with van der Waals surface area (Å²) in [5.74, 6) is 0.941. The first kappa shape index (κ1) is 15.8. The Balaban J connectivity index is 2.42. The fraction of sp³-hybridized carbons (Fsp3) is 0.625. The van der Waals surface area contributed by atoms with E-state index < -0.39 is 0 Å². The summed E-state index contributed by atoms with van der Waals surface area (Å²) in [6, 6.07) is 8.85. The van der Waals surface area contributed by atoms with Crippen molar-refractivity contribution in [2.45, 2.75) is 39.2 Å². The molecule has 0 bridgehead atoms. The van der Waals surface area contributed by atoms with Gasteiger partial charge in [-0.2, -0.15) is 0 Å². The minimum atomic E-state index is 0.575. The molecule has 3 heteroatoms. The summed E-state index contributed by atoms with van der Waals surface area (Å²) in [4.78, 5) is 2.12. The maximum atomic E-state index is 5.68. The van der Waals surface area contributed by atoms with Crippen LogP contribution in [0.5, 0.6) is 5.75 Å². The molecule has 1 unspecified atom stereocenters. The van der Waals surface area contributed by atoms with Crippen LogP contribution in [0.1, 0.15) is 33.1 Å². The van der Waals surface area contributed by atoms with Crippen molar-refractivity contribution in [3.05, 3.63) is 24.3 Å². The smallest absolute Gasteiger partial charge is 0.119 e. The van der Waals surface area contributed by atoms with Crippen LogP contribution >= 0.6 is 0 Å². The third kappa shape index (κ3) is 6.48. The van der Waals surface area contributed by atoms with Crippen molar-refractivity contribution in [2.24, 2.45) is 0 Å². The fourth-order valence-corrected chi connectivity index (χ4v) is 1.96. The number of hydrogen-bond acceptors (Lipinski definition) is 3. The molecule has 0 fully saturated rings. The highest BCUT2D eigenvalue weighted by molar-refractivity contribution is 5.47. The Hall–Kier alpha value is -1.22. The lowest BCUT2D eigenvalue weighted by Gasteiger charge is -2.18. The van der Waals surface area contributed by atoms with E-state index in [4.69, 9.17) is 4.74 Å². The minimum absolute atomic E-state index is 0.575. The fourth-order valence-electron chi connectivity index (χ4n) is 1.96. The third-order valence-corrected chi connectivity index (χ3v) is 3.16. The molecular formula is C16H28N2O. The van der Waals surface area contributed by atoms with E-state index in [1.807, 2.05) is 12.1 Å². The molecule has 1 atom stereocenters.